The lowest BCUT2D eigenvalue weighted by Crippen LogP contribution is -2.39. The summed E-state index contributed by atoms with van der Waals surface area (Å²) in [4.78, 5) is 33.1. The number of para-hydroxylation sites is 1. The minimum Gasteiger partial charge on any atom is -0.337 e. The Morgan fingerprint density at radius 2 is 1.64 bits per heavy atom. The van der Waals surface area contributed by atoms with Crippen molar-refractivity contribution >= 4 is 28.6 Å². The molecule has 2 aromatic carbocycles. The molecule has 4 rings (SSSR count). The van der Waals surface area contributed by atoms with E-state index in [0.717, 1.165) is 37.9 Å². The molecule has 0 unspecified atom stereocenters. The summed E-state index contributed by atoms with van der Waals surface area (Å²) in [6.45, 7) is 3.22. The quantitative estimate of drug-likeness (QED) is 0.658. The lowest BCUT2D eigenvalue weighted by molar-refractivity contribution is -0.126. The number of aromatic nitrogens is 2. The summed E-state index contributed by atoms with van der Waals surface area (Å²) in [5.74, 6) is 0.391. The molecule has 1 aromatic heterocycles. The van der Waals surface area contributed by atoms with Gasteiger partial charge in [-0.1, -0.05) is 42.5 Å². The first-order chi connectivity index (χ1) is 13.6. The highest BCUT2D eigenvalue weighted by atomic mass is 16.2. The van der Waals surface area contributed by atoms with Crippen LogP contribution < -0.4 is 5.56 Å². The predicted molar refractivity (Wildman–Crippen MR) is 112 cm³/mol. The van der Waals surface area contributed by atoms with Gasteiger partial charge in [-0.25, -0.2) is 4.98 Å². The summed E-state index contributed by atoms with van der Waals surface area (Å²) in [6.07, 6.45) is 4.92. The molecule has 0 bridgehead atoms. The van der Waals surface area contributed by atoms with Gasteiger partial charge in [-0.15, -0.1) is 0 Å². The molecule has 1 fully saturated rings. The zero-order valence-electron chi connectivity index (χ0n) is 16.0. The normalized spacial score (nSPS) is 15.0. The van der Waals surface area contributed by atoms with Crippen molar-refractivity contribution in [3.05, 3.63) is 76.3 Å². The molecule has 0 N–H and O–H groups in total. The first-order valence-corrected chi connectivity index (χ1v) is 9.70. The number of hydrogen-bond donors (Lipinski definition) is 0. The van der Waals surface area contributed by atoms with Gasteiger partial charge in [-0.3, -0.25) is 14.2 Å². The maximum Gasteiger partial charge on any atom is 0.271 e. The summed E-state index contributed by atoms with van der Waals surface area (Å²) in [6, 6.07) is 16.9. The zero-order chi connectivity index (χ0) is 19.5. The Hall–Kier alpha value is -3.21. The third kappa shape index (κ3) is 3.48. The molecule has 0 radical (unpaired) electrons. The van der Waals surface area contributed by atoms with Crippen LogP contribution in [0.4, 0.5) is 0 Å². The Bertz CT molecular complexity index is 1090. The van der Waals surface area contributed by atoms with Gasteiger partial charge >= 0.3 is 0 Å². The molecular formula is C23H23N3O2. The van der Waals surface area contributed by atoms with Crippen LogP contribution in [0.2, 0.25) is 0 Å². The number of piperidine rings is 1. The van der Waals surface area contributed by atoms with E-state index in [0.29, 0.717) is 22.4 Å². The van der Waals surface area contributed by atoms with E-state index in [1.807, 2.05) is 53.4 Å². The molecule has 28 heavy (non-hydrogen) atoms. The molecule has 0 spiro atoms. The first kappa shape index (κ1) is 18.2. The van der Waals surface area contributed by atoms with Crippen LogP contribution in [0.1, 0.15) is 30.7 Å². The number of carbonyl (C=O) groups excluding carboxylic acids is 1. The van der Waals surface area contributed by atoms with Crippen LogP contribution in [0, 0.1) is 6.92 Å². The van der Waals surface area contributed by atoms with Crippen molar-refractivity contribution in [3.63, 3.8) is 0 Å². The second-order valence-corrected chi connectivity index (χ2v) is 7.11. The van der Waals surface area contributed by atoms with Crippen molar-refractivity contribution in [1.29, 1.82) is 0 Å². The Morgan fingerprint density at radius 3 is 2.39 bits per heavy atom. The van der Waals surface area contributed by atoms with E-state index >= 15 is 0 Å². The molecule has 0 aliphatic carbocycles. The third-order valence-electron chi connectivity index (χ3n) is 5.15. The smallest absolute Gasteiger partial charge is 0.271 e. The van der Waals surface area contributed by atoms with E-state index < -0.39 is 0 Å². The van der Waals surface area contributed by atoms with Crippen LogP contribution in [0.3, 0.4) is 0 Å². The number of amides is 1. The van der Waals surface area contributed by atoms with Gasteiger partial charge in [0.05, 0.1) is 10.9 Å². The molecule has 5 nitrogen and oxygen atoms in total. The van der Waals surface area contributed by atoms with Gasteiger partial charge in [0.1, 0.15) is 11.5 Å². The number of carbonyl (C=O) groups is 1. The number of likely N-dealkylation sites (tertiary alicyclic amines) is 1. The molecule has 5 heteroatoms. The van der Waals surface area contributed by atoms with Crippen LogP contribution in [0.25, 0.3) is 22.7 Å². The van der Waals surface area contributed by atoms with Crippen LogP contribution in [-0.2, 0) is 4.79 Å². The van der Waals surface area contributed by atoms with Gasteiger partial charge in [0.15, 0.2) is 0 Å². The summed E-state index contributed by atoms with van der Waals surface area (Å²) in [5.41, 5.74) is 1.66. The fourth-order valence-corrected chi connectivity index (χ4v) is 3.72. The number of benzene rings is 2. The van der Waals surface area contributed by atoms with Gasteiger partial charge in [0.25, 0.3) is 11.5 Å². The van der Waals surface area contributed by atoms with Crippen LogP contribution in [0.5, 0.6) is 0 Å². The van der Waals surface area contributed by atoms with Crippen LogP contribution in [0.15, 0.2) is 59.4 Å². The topological polar surface area (TPSA) is 55.2 Å². The van der Waals surface area contributed by atoms with E-state index in [-0.39, 0.29) is 11.5 Å². The van der Waals surface area contributed by atoms with Gasteiger partial charge in [-0.05, 0) is 50.0 Å². The first-order valence-electron chi connectivity index (χ1n) is 9.70. The average Bonchev–Trinajstić information content (AvgIpc) is 2.74. The Morgan fingerprint density at radius 1 is 0.964 bits per heavy atom. The minimum absolute atomic E-state index is 0.120. The SMILES string of the molecule is Cc1nc2ccccc2c(=O)n1/C(=C/c1ccccc1)C(=O)N1CCCCC1. The molecule has 142 valence electrons. The Balaban J connectivity index is 1.91. The van der Waals surface area contributed by atoms with Crippen LogP contribution in [-0.4, -0.2) is 33.4 Å². The van der Waals surface area contributed by atoms with Crippen molar-refractivity contribution in [1.82, 2.24) is 14.5 Å². The summed E-state index contributed by atoms with van der Waals surface area (Å²) < 4.78 is 1.46. The number of hydrogen-bond acceptors (Lipinski definition) is 3. The molecule has 0 saturated carbocycles. The lowest BCUT2D eigenvalue weighted by atomic mass is 10.1. The van der Waals surface area contributed by atoms with Gasteiger partial charge < -0.3 is 4.90 Å². The van der Waals surface area contributed by atoms with E-state index in [1.54, 1.807) is 19.1 Å². The largest absolute Gasteiger partial charge is 0.337 e. The molecule has 2 heterocycles. The van der Waals surface area contributed by atoms with Crippen molar-refractivity contribution in [2.45, 2.75) is 26.2 Å². The number of nitrogens with zero attached hydrogens (tertiary/aromatic N) is 3. The van der Waals surface area contributed by atoms with E-state index in [2.05, 4.69) is 4.98 Å². The molecule has 1 saturated heterocycles. The maximum absolute atomic E-state index is 13.4. The summed E-state index contributed by atoms with van der Waals surface area (Å²) in [5, 5.41) is 0.513. The molecule has 0 atom stereocenters. The average molecular weight is 373 g/mol. The third-order valence-corrected chi connectivity index (χ3v) is 5.15. The van der Waals surface area contributed by atoms with E-state index in [4.69, 9.17) is 0 Å². The standard InChI is InChI=1S/C23H23N3O2/c1-17-24-20-13-7-6-12-19(20)22(27)26(17)21(16-18-10-4-2-5-11-18)23(28)25-14-8-3-9-15-25/h2,4-7,10-13,16H,3,8-9,14-15H2,1H3/b21-16+. The number of aryl methyl sites for hydroxylation is 1. The molecule has 1 aliphatic rings. The molecule has 1 aliphatic heterocycles. The maximum atomic E-state index is 13.4. The highest BCUT2D eigenvalue weighted by Gasteiger charge is 2.24. The molecular weight excluding hydrogens is 350 g/mol. The van der Waals surface area contributed by atoms with Crippen molar-refractivity contribution in [3.8, 4) is 0 Å². The van der Waals surface area contributed by atoms with E-state index in [1.165, 1.54) is 4.57 Å². The highest BCUT2D eigenvalue weighted by Crippen LogP contribution is 2.19. The van der Waals surface area contributed by atoms with Crippen LogP contribution >= 0.6 is 0 Å². The minimum atomic E-state index is -0.212. The summed E-state index contributed by atoms with van der Waals surface area (Å²) in [7, 11) is 0. The van der Waals surface area contributed by atoms with Crippen molar-refractivity contribution < 1.29 is 4.79 Å². The monoisotopic (exact) mass is 373 g/mol. The Kier molecular flexibility index (Phi) is 5.06. The second-order valence-electron chi connectivity index (χ2n) is 7.11. The fraction of sp³-hybridized carbons (Fsp3) is 0.261. The van der Waals surface area contributed by atoms with Gasteiger partial charge in [0, 0.05) is 13.1 Å². The van der Waals surface area contributed by atoms with Crippen molar-refractivity contribution in [2.24, 2.45) is 0 Å². The predicted octanol–water partition coefficient (Wildman–Crippen LogP) is 3.72. The molecule has 3 aromatic rings. The highest BCUT2D eigenvalue weighted by molar-refractivity contribution is 6.18. The second kappa shape index (κ2) is 7.80. The number of fused-ring (bicyclic) bond motifs is 1. The van der Waals surface area contributed by atoms with Gasteiger partial charge in [-0.2, -0.15) is 0 Å². The summed E-state index contributed by atoms with van der Waals surface area (Å²) >= 11 is 0. The van der Waals surface area contributed by atoms with E-state index in [9.17, 15) is 9.59 Å². The number of rotatable bonds is 3. The van der Waals surface area contributed by atoms with Crippen molar-refractivity contribution in [2.75, 3.05) is 13.1 Å². The Labute approximate surface area is 163 Å². The lowest BCUT2D eigenvalue weighted by Gasteiger charge is -2.28. The molecule has 1 amide bonds. The fourth-order valence-electron chi connectivity index (χ4n) is 3.72. The van der Waals surface area contributed by atoms with Gasteiger partial charge in [0.2, 0.25) is 0 Å². The zero-order valence-corrected chi connectivity index (χ0v) is 16.0.